The van der Waals surface area contributed by atoms with Crippen molar-refractivity contribution in [3.05, 3.63) is 72.0 Å². The van der Waals surface area contributed by atoms with E-state index in [4.69, 9.17) is 0 Å². The highest BCUT2D eigenvalue weighted by Gasteiger charge is 2.10. The lowest BCUT2D eigenvalue weighted by Crippen LogP contribution is -2.13. The van der Waals surface area contributed by atoms with Gasteiger partial charge in [-0.3, -0.25) is 0 Å². The first-order valence-corrected chi connectivity index (χ1v) is 8.05. The van der Waals surface area contributed by atoms with E-state index in [1.54, 1.807) is 6.20 Å². The molecule has 1 N–H and O–H groups in total. The Kier molecular flexibility index (Phi) is 5.15. The van der Waals surface area contributed by atoms with Gasteiger partial charge in [0.25, 0.3) is 0 Å². The molecule has 3 rings (SSSR count). The smallest absolute Gasteiger partial charge is 0.186 e. The fraction of sp³-hybridized carbons (Fsp3) is 0.278. The van der Waals surface area contributed by atoms with E-state index in [0.29, 0.717) is 25.1 Å². The minimum Gasteiger partial charge on any atom is -0.367 e. The molecule has 24 heavy (non-hydrogen) atoms. The summed E-state index contributed by atoms with van der Waals surface area (Å²) >= 11 is 0. The van der Waals surface area contributed by atoms with Gasteiger partial charge < -0.3 is 9.88 Å². The van der Waals surface area contributed by atoms with Crippen molar-refractivity contribution in [3.63, 3.8) is 0 Å². The van der Waals surface area contributed by atoms with Gasteiger partial charge in [-0.2, -0.15) is 0 Å². The zero-order valence-electron chi connectivity index (χ0n) is 13.6. The normalized spacial score (nSPS) is 10.8. The Labute approximate surface area is 140 Å². The highest BCUT2D eigenvalue weighted by Crippen LogP contribution is 2.13. The van der Waals surface area contributed by atoms with E-state index >= 15 is 0 Å². The van der Waals surface area contributed by atoms with Crippen molar-refractivity contribution in [1.29, 1.82) is 0 Å². The maximum absolute atomic E-state index is 14.1. The second kappa shape index (κ2) is 7.68. The number of halogens is 1. The summed E-state index contributed by atoms with van der Waals surface area (Å²) in [6.07, 6.45) is 6.37. The lowest BCUT2D eigenvalue weighted by molar-refractivity contribution is 0.596. The molecule has 5 nitrogen and oxygen atoms in total. The lowest BCUT2D eigenvalue weighted by atomic mass is 10.2. The molecule has 3 aromatic rings. The maximum Gasteiger partial charge on any atom is 0.186 e. The molecule has 0 aliphatic carbocycles. The van der Waals surface area contributed by atoms with Crippen molar-refractivity contribution in [3.8, 4) is 0 Å². The van der Waals surface area contributed by atoms with Crippen LogP contribution in [0.3, 0.4) is 0 Å². The zero-order chi connectivity index (χ0) is 16.8. The summed E-state index contributed by atoms with van der Waals surface area (Å²) in [5.41, 5.74) is 1.65. The Morgan fingerprint density at radius 2 is 1.96 bits per heavy atom. The van der Waals surface area contributed by atoms with Crippen molar-refractivity contribution in [2.45, 2.75) is 26.3 Å². The van der Waals surface area contributed by atoms with Crippen LogP contribution in [0.25, 0.3) is 0 Å². The first-order valence-electron chi connectivity index (χ1n) is 8.05. The summed E-state index contributed by atoms with van der Waals surface area (Å²) in [6, 6.07) is 10.2. The monoisotopic (exact) mass is 325 g/mol. The van der Waals surface area contributed by atoms with E-state index in [1.165, 1.54) is 11.9 Å². The minimum absolute atomic E-state index is 0.253. The third kappa shape index (κ3) is 3.76. The van der Waals surface area contributed by atoms with Gasteiger partial charge in [0.15, 0.2) is 11.6 Å². The van der Waals surface area contributed by atoms with Crippen LogP contribution in [0.1, 0.15) is 24.0 Å². The van der Waals surface area contributed by atoms with E-state index in [9.17, 15) is 4.39 Å². The standard InChI is InChI=1S/C18H20FN5/c1-2-15-17(19)18(23-13-22-15)21-9-8-16-20-10-11-24(16)12-14-6-4-3-5-7-14/h3-7,10-11,13H,2,8-9,12H2,1H3,(H,21,22,23). The molecule has 6 heteroatoms. The van der Waals surface area contributed by atoms with Gasteiger partial charge in [-0.05, 0) is 12.0 Å². The molecule has 0 atom stereocenters. The average Bonchev–Trinajstić information content (AvgIpc) is 3.04. The molecule has 0 saturated carbocycles. The summed E-state index contributed by atoms with van der Waals surface area (Å²) in [4.78, 5) is 12.3. The van der Waals surface area contributed by atoms with Crippen molar-refractivity contribution in [1.82, 2.24) is 19.5 Å². The van der Waals surface area contributed by atoms with Crippen molar-refractivity contribution < 1.29 is 4.39 Å². The van der Waals surface area contributed by atoms with E-state index in [2.05, 4.69) is 37.0 Å². The third-order valence-corrected chi connectivity index (χ3v) is 3.84. The quantitative estimate of drug-likeness (QED) is 0.725. The Hall–Kier alpha value is -2.76. The van der Waals surface area contributed by atoms with Gasteiger partial charge in [-0.25, -0.2) is 19.3 Å². The molecule has 0 unspecified atom stereocenters. The molecule has 1 aromatic carbocycles. The van der Waals surface area contributed by atoms with E-state index < -0.39 is 0 Å². The van der Waals surface area contributed by atoms with Gasteiger partial charge in [0.1, 0.15) is 12.2 Å². The first kappa shape index (κ1) is 16.1. The van der Waals surface area contributed by atoms with Crippen LogP contribution in [0.15, 0.2) is 49.1 Å². The SMILES string of the molecule is CCc1ncnc(NCCc2nccn2Cc2ccccc2)c1F. The molecule has 0 radical (unpaired) electrons. The molecule has 0 aliphatic rings. The molecule has 0 spiro atoms. The molecule has 0 amide bonds. The highest BCUT2D eigenvalue weighted by molar-refractivity contribution is 5.37. The number of aryl methyl sites for hydroxylation is 1. The molecule has 2 heterocycles. The topological polar surface area (TPSA) is 55.6 Å². The van der Waals surface area contributed by atoms with Crippen LogP contribution in [0.5, 0.6) is 0 Å². The number of imidazole rings is 1. The van der Waals surface area contributed by atoms with Gasteiger partial charge in [0.2, 0.25) is 0 Å². The molecular formula is C18H20FN5. The summed E-state index contributed by atoms with van der Waals surface area (Å²) in [5, 5.41) is 3.04. The van der Waals surface area contributed by atoms with Crippen molar-refractivity contribution >= 4 is 5.82 Å². The van der Waals surface area contributed by atoms with Gasteiger partial charge >= 0.3 is 0 Å². The van der Waals surface area contributed by atoms with Crippen LogP contribution >= 0.6 is 0 Å². The van der Waals surface area contributed by atoms with E-state index in [-0.39, 0.29) is 11.6 Å². The number of anilines is 1. The van der Waals surface area contributed by atoms with Gasteiger partial charge in [-0.1, -0.05) is 37.3 Å². The van der Waals surface area contributed by atoms with Crippen molar-refractivity contribution in [2.75, 3.05) is 11.9 Å². The number of nitrogens with zero attached hydrogens (tertiary/aromatic N) is 4. The van der Waals surface area contributed by atoms with Gasteiger partial charge in [0.05, 0.1) is 5.69 Å². The second-order valence-corrected chi connectivity index (χ2v) is 5.47. The number of nitrogens with one attached hydrogen (secondary N) is 1. The first-order chi connectivity index (χ1) is 11.8. The number of hydrogen-bond donors (Lipinski definition) is 1. The molecular weight excluding hydrogens is 305 g/mol. The summed E-state index contributed by atoms with van der Waals surface area (Å²) in [7, 11) is 0. The predicted molar refractivity (Wildman–Crippen MR) is 91.3 cm³/mol. The van der Waals surface area contributed by atoms with Gasteiger partial charge in [0, 0.05) is 31.9 Å². The molecule has 2 aromatic heterocycles. The van der Waals surface area contributed by atoms with Crippen LogP contribution in [-0.2, 0) is 19.4 Å². The van der Waals surface area contributed by atoms with Crippen LogP contribution in [0.4, 0.5) is 10.2 Å². The Bertz CT molecular complexity index is 785. The highest BCUT2D eigenvalue weighted by atomic mass is 19.1. The Balaban J connectivity index is 1.61. The van der Waals surface area contributed by atoms with Gasteiger partial charge in [-0.15, -0.1) is 0 Å². The molecule has 0 aliphatic heterocycles. The largest absolute Gasteiger partial charge is 0.367 e. The Morgan fingerprint density at radius 3 is 2.75 bits per heavy atom. The Morgan fingerprint density at radius 1 is 1.12 bits per heavy atom. The van der Waals surface area contributed by atoms with Crippen molar-refractivity contribution in [2.24, 2.45) is 0 Å². The predicted octanol–water partition coefficient (Wildman–Crippen LogP) is 3.08. The molecule has 0 fully saturated rings. The zero-order valence-corrected chi connectivity index (χ0v) is 13.6. The number of hydrogen-bond acceptors (Lipinski definition) is 4. The summed E-state index contributed by atoms with van der Waals surface area (Å²) < 4.78 is 16.2. The third-order valence-electron chi connectivity index (χ3n) is 3.84. The second-order valence-electron chi connectivity index (χ2n) is 5.47. The van der Waals surface area contributed by atoms with Crippen LogP contribution in [0.2, 0.25) is 0 Å². The fourth-order valence-electron chi connectivity index (χ4n) is 2.56. The van der Waals surface area contributed by atoms with Crippen LogP contribution in [-0.4, -0.2) is 26.1 Å². The fourth-order valence-corrected chi connectivity index (χ4v) is 2.56. The number of rotatable bonds is 7. The maximum atomic E-state index is 14.1. The summed E-state index contributed by atoms with van der Waals surface area (Å²) in [6.45, 7) is 3.20. The lowest BCUT2D eigenvalue weighted by Gasteiger charge is -2.10. The average molecular weight is 325 g/mol. The molecule has 0 saturated heterocycles. The number of benzene rings is 1. The van der Waals surface area contributed by atoms with E-state index in [0.717, 1.165) is 12.4 Å². The van der Waals surface area contributed by atoms with Crippen LogP contribution in [0, 0.1) is 5.82 Å². The molecule has 0 bridgehead atoms. The van der Waals surface area contributed by atoms with E-state index in [1.807, 2.05) is 31.3 Å². The minimum atomic E-state index is -0.368. The molecule has 124 valence electrons. The number of aromatic nitrogens is 4. The van der Waals surface area contributed by atoms with Crippen LogP contribution < -0.4 is 5.32 Å². The summed E-state index contributed by atoms with van der Waals surface area (Å²) in [5.74, 6) is 0.840.